The van der Waals surface area contributed by atoms with E-state index in [1.807, 2.05) is 50.2 Å². The number of amides is 2. The van der Waals surface area contributed by atoms with E-state index >= 15 is 0 Å². The lowest BCUT2D eigenvalue weighted by atomic mass is 9.95. The van der Waals surface area contributed by atoms with Gasteiger partial charge in [0, 0.05) is 18.3 Å². The summed E-state index contributed by atoms with van der Waals surface area (Å²) in [6.07, 6.45) is -1.07. The molecule has 182 valence electrons. The Morgan fingerprint density at radius 1 is 1.09 bits per heavy atom. The van der Waals surface area contributed by atoms with E-state index < -0.39 is 35.6 Å². The van der Waals surface area contributed by atoms with Crippen LogP contribution < -0.4 is 15.0 Å². The molecule has 3 aromatic rings. The van der Waals surface area contributed by atoms with Gasteiger partial charge in [0.1, 0.15) is 12.4 Å². The molecule has 8 heteroatoms. The topological polar surface area (TPSA) is 67.9 Å². The number of carbonyl (C=O) groups excluding carboxylic acids is 2. The lowest BCUT2D eigenvalue weighted by molar-refractivity contribution is -0.144. The Balaban J connectivity index is 1.65. The van der Waals surface area contributed by atoms with E-state index in [0.29, 0.717) is 17.9 Å². The highest BCUT2D eigenvalue weighted by Gasteiger charge is 2.42. The van der Waals surface area contributed by atoms with Crippen molar-refractivity contribution in [1.82, 2.24) is 5.32 Å². The first-order chi connectivity index (χ1) is 16.9. The normalized spacial score (nSPS) is 17.8. The number of nitrogens with one attached hydrogen (secondary N) is 1. The van der Waals surface area contributed by atoms with Crippen molar-refractivity contribution < 1.29 is 27.8 Å². The van der Waals surface area contributed by atoms with Crippen molar-refractivity contribution in [3.8, 4) is 5.75 Å². The third kappa shape index (κ3) is 5.49. The summed E-state index contributed by atoms with van der Waals surface area (Å²) in [5, 5.41) is 2.87. The Morgan fingerprint density at radius 2 is 1.89 bits per heavy atom. The Hall–Kier alpha value is -3.78. The van der Waals surface area contributed by atoms with Crippen LogP contribution in [0.15, 0.2) is 66.7 Å². The summed E-state index contributed by atoms with van der Waals surface area (Å²) < 4.78 is 38.9. The molecule has 1 heterocycles. The molecular weight excluding hydrogens is 454 g/mol. The van der Waals surface area contributed by atoms with Gasteiger partial charge in [-0.2, -0.15) is 0 Å². The van der Waals surface area contributed by atoms with E-state index in [2.05, 4.69) is 5.32 Å². The van der Waals surface area contributed by atoms with Crippen LogP contribution in [0.25, 0.3) is 0 Å². The molecule has 4 rings (SSSR count). The summed E-state index contributed by atoms with van der Waals surface area (Å²) >= 11 is 0. The maximum atomic E-state index is 14.1. The van der Waals surface area contributed by atoms with Gasteiger partial charge in [-0.05, 0) is 49.2 Å². The number of anilines is 1. The summed E-state index contributed by atoms with van der Waals surface area (Å²) in [5.74, 6) is -2.31. The average Bonchev–Trinajstić information content (AvgIpc) is 2.84. The van der Waals surface area contributed by atoms with Gasteiger partial charge >= 0.3 is 0 Å². The van der Waals surface area contributed by atoms with Crippen molar-refractivity contribution in [2.45, 2.75) is 32.5 Å². The molecule has 2 amide bonds. The maximum absolute atomic E-state index is 14.1. The zero-order valence-electron chi connectivity index (χ0n) is 19.5. The molecule has 35 heavy (non-hydrogen) atoms. The number of halogens is 2. The SMILES string of the molecule is CCOc1cccc(CNC(=O)[C@H]2OCC(=O)N(c3ccc(F)c(F)c3)[C@@H]2c2cccc(C)c2)c1. The second kappa shape index (κ2) is 10.7. The van der Waals surface area contributed by atoms with Crippen molar-refractivity contribution in [2.75, 3.05) is 18.1 Å². The molecule has 1 aliphatic heterocycles. The van der Waals surface area contributed by atoms with Crippen molar-refractivity contribution in [1.29, 1.82) is 0 Å². The van der Waals surface area contributed by atoms with Crippen LogP contribution in [0.2, 0.25) is 0 Å². The molecule has 1 N–H and O–H groups in total. The molecule has 0 unspecified atom stereocenters. The predicted octanol–water partition coefficient (Wildman–Crippen LogP) is 4.46. The molecule has 0 aromatic heterocycles. The fourth-order valence-corrected chi connectivity index (χ4v) is 4.15. The molecule has 0 bridgehead atoms. The number of morpholine rings is 1. The molecule has 6 nitrogen and oxygen atoms in total. The molecule has 2 atom stereocenters. The van der Waals surface area contributed by atoms with E-state index in [-0.39, 0.29) is 18.8 Å². The lowest BCUT2D eigenvalue weighted by Gasteiger charge is -2.40. The minimum atomic E-state index is -1.08. The first-order valence-corrected chi connectivity index (χ1v) is 11.3. The molecule has 1 fully saturated rings. The molecule has 1 aliphatic rings. The zero-order chi connectivity index (χ0) is 24.9. The number of rotatable bonds is 7. The van der Waals surface area contributed by atoms with Gasteiger partial charge in [0.15, 0.2) is 17.7 Å². The van der Waals surface area contributed by atoms with Gasteiger partial charge in [0.05, 0.1) is 12.6 Å². The number of aryl methyl sites for hydroxylation is 1. The average molecular weight is 481 g/mol. The Morgan fingerprint density at radius 3 is 2.63 bits per heavy atom. The van der Waals surface area contributed by atoms with E-state index in [1.165, 1.54) is 11.0 Å². The number of hydrogen-bond donors (Lipinski definition) is 1. The predicted molar refractivity (Wildman–Crippen MR) is 127 cm³/mol. The quantitative estimate of drug-likeness (QED) is 0.542. The summed E-state index contributed by atoms with van der Waals surface area (Å²) in [7, 11) is 0. The van der Waals surface area contributed by atoms with Crippen LogP contribution >= 0.6 is 0 Å². The fraction of sp³-hybridized carbons (Fsp3) is 0.259. The summed E-state index contributed by atoms with van der Waals surface area (Å²) in [4.78, 5) is 27.6. The van der Waals surface area contributed by atoms with Gasteiger partial charge in [-0.1, -0.05) is 42.0 Å². The zero-order valence-corrected chi connectivity index (χ0v) is 19.5. The number of ether oxygens (including phenoxy) is 2. The molecule has 0 spiro atoms. The Labute approximate surface area is 202 Å². The highest BCUT2D eigenvalue weighted by atomic mass is 19.2. The number of benzene rings is 3. The highest BCUT2D eigenvalue weighted by Crippen LogP contribution is 2.35. The van der Waals surface area contributed by atoms with Gasteiger partial charge in [-0.25, -0.2) is 8.78 Å². The number of nitrogens with zero attached hydrogens (tertiary/aromatic N) is 1. The molecule has 0 aliphatic carbocycles. The molecular formula is C27H26F2N2O4. The van der Waals surface area contributed by atoms with Crippen molar-refractivity contribution in [3.05, 3.63) is 95.1 Å². The summed E-state index contributed by atoms with van der Waals surface area (Å²) in [5.41, 5.74) is 2.53. The standard InChI is InChI=1S/C27H26F2N2O4/c1-3-34-21-9-5-7-18(13-21)15-30-27(33)26-25(19-8-4-6-17(2)12-19)31(24(32)16-35-26)20-10-11-22(28)23(29)14-20/h4-14,25-26H,3,15-16H2,1-2H3,(H,30,33)/t25-,26+/m1/s1. The molecule has 0 saturated carbocycles. The van der Waals surface area contributed by atoms with Gasteiger partial charge < -0.3 is 14.8 Å². The van der Waals surface area contributed by atoms with Gasteiger partial charge in [-0.15, -0.1) is 0 Å². The third-order valence-electron chi connectivity index (χ3n) is 5.72. The van der Waals surface area contributed by atoms with E-state index in [4.69, 9.17) is 9.47 Å². The number of carbonyl (C=O) groups is 2. The smallest absolute Gasteiger partial charge is 0.253 e. The minimum absolute atomic E-state index is 0.144. The van der Waals surface area contributed by atoms with Gasteiger partial charge in [-0.3, -0.25) is 14.5 Å². The first-order valence-electron chi connectivity index (χ1n) is 11.3. The van der Waals surface area contributed by atoms with Crippen LogP contribution in [0.4, 0.5) is 14.5 Å². The monoisotopic (exact) mass is 480 g/mol. The molecule has 1 saturated heterocycles. The summed E-state index contributed by atoms with van der Waals surface area (Å²) in [6, 6.07) is 17.0. The third-order valence-corrected chi connectivity index (χ3v) is 5.72. The van der Waals surface area contributed by atoms with E-state index in [1.54, 1.807) is 12.1 Å². The van der Waals surface area contributed by atoms with Crippen LogP contribution in [0, 0.1) is 18.6 Å². The molecule has 0 radical (unpaired) electrons. The van der Waals surface area contributed by atoms with E-state index in [9.17, 15) is 18.4 Å². The van der Waals surface area contributed by atoms with Gasteiger partial charge in [0.2, 0.25) is 0 Å². The number of hydrogen-bond acceptors (Lipinski definition) is 4. The Kier molecular flexibility index (Phi) is 7.41. The first kappa shape index (κ1) is 24.3. The van der Waals surface area contributed by atoms with Crippen LogP contribution in [0.1, 0.15) is 29.7 Å². The van der Waals surface area contributed by atoms with Gasteiger partial charge in [0.25, 0.3) is 11.8 Å². The maximum Gasteiger partial charge on any atom is 0.253 e. The largest absolute Gasteiger partial charge is 0.494 e. The highest BCUT2D eigenvalue weighted by molar-refractivity contribution is 5.98. The Bertz CT molecular complexity index is 1230. The second-order valence-corrected chi connectivity index (χ2v) is 8.25. The van der Waals surface area contributed by atoms with Crippen molar-refractivity contribution in [3.63, 3.8) is 0 Å². The van der Waals surface area contributed by atoms with Crippen molar-refractivity contribution in [2.24, 2.45) is 0 Å². The molecule has 3 aromatic carbocycles. The van der Waals surface area contributed by atoms with Crippen LogP contribution in [0.3, 0.4) is 0 Å². The minimum Gasteiger partial charge on any atom is -0.494 e. The van der Waals surface area contributed by atoms with Crippen molar-refractivity contribution >= 4 is 17.5 Å². The second-order valence-electron chi connectivity index (χ2n) is 8.25. The van der Waals surface area contributed by atoms with Crippen LogP contribution in [-0.2, 0) is 20.9 Å². The van der Waals surface area contributed by atoms with Crippen LogP contribution in [-0.4, -0.2) is 31.1 Å². The van der Waals surface area contributed by atoms with E-state index in [0.717, 1.165) is 23.3 Å². The summed E-state index contributed by atoms with van der Waals surface area (Å²) in [6.45, 7) is 4.15. The lowest BCUT2D eigenvalue weighted by Crippen LogP contribution is -2.54. The fourth-order valence-electron chi connectivity index (χ4n) is 4.15. The van der Waals surface area contributed by atoms with Crippen LogP contribution in [0.5, 0.6) is 5.75 Å².